The molecule has 1 amide bonds. The summed E-state index contributed by atoms with van der Waals surface area (Å²) in [6.45, 7) is 3.19. The molecule has 0 aliphatic heterocycles. The van der Waals surface area contributed by atoms with Crippen LogP contribution < -0.4 is 4.90 Å². The van der Waals surface area contributed by atoms with Gasteiger partial charge in [0.05, 0.1) is 0 Å². The molecule has 6 nitrogen and oxygen atoms in total. The molecular formula is C8H12N4O2. The van der Waals surface area contributed by atoms with Crippen LogP contribution in [0.5, 0.6) is 0 Å². The van der Waals surface area contributed by atoms with Gasteiger partial charge in [-0.3, -0.25) is 9.69 Å². The van der Waals surface area contributed by atoms with Crippen molar-refractivity contribution in [3.05, 3.63) is 12.7 Å². The SMILES string of the molecule is CCC(=O)N(c1ncncn1)C(C)O. The highest BCUT2D eigenvalue weighted by atomic mass is 16.3. The molecule has 1 aromatic heterocycles. The summed E-state index contributed by atoms with van der Waals surface area (Å²) in [4.78, 5) is 23.8. The summed E-state index contributed by atoms with van der Waals surface area (Å²) in [5, 5.41) is 9.37. The Bertz CT molecular complexity index is 301. The maximum absolute atomic E-state index is 11.4. The first-order valence-corrected chi connectivity index (χ1v) is 4.29. The second-order valence-corrected chi connectivity index (χ2v) is 2.69. The highest BCUT2D eigenvalue weighted by Crippen LogP contribution is 2.09. The third kappa shape index (κ3) is 2.23. The summed E-state index contributed by atoms with van der Waals surface area (Å²) >= 11 is 0. The number of anilines is 1. The molecule has 6 heteroatoms. The summed E-state index contributed by atoms with van der Waals surface area (Å²) in [6.07, 6.45) is 1.91. The van der Waals surface area contributed by atoms with Crippen molar-refractivity contribution in [2.75, 3.05) is 4.90 Å². The van der Waals surface area contributed by atoms with Crippen molar-refractivity contribution in [3.63, 3.8) is 0 Å². The Morgan fingerprint density at radius 3 is 2.57 bits per heavy atom. The van der Waals surface area contributed by atoms with Gasteiger partial charge in [-0.2, -0.15) is 0 Å². The Morgan fingerprint density at radius 1 is 1.57 bits per heavy atom. The van der Waals surface area contributed by atoms with Crippen LogP contribution in [0.15, 0.2) is 12.7 Å². The number of hydrogen-bond acceptors (Lipinski definition) is 5. The monoisotopic (exact) mass is 196 g/mol. The second-order valence-electron chi connectivity index (χ2n) is 2.69. The van der Waals surface area contributed by atoms with Gasteiger partial charge in [-0.25, -0.2) is 15.0 Å². The van der Waals surface area contributed by atoms with Crippen molar-refractivity contribution >= 4 is 11.9 Å². The topological polar surface area (TPSA) is 79.2 Å². The van der Waals surface area contributed by atoms with Crippen LogP contribution in [0.3, 0.4) is 0 Å². The van der Waals surface area contributed by atoms with Gasteiger partial charge in [-0.05, 0) is 6.92 Å². The number of hydrogen-bond donors (Lipinski definition) is 1. The standard InChI is InChI=1S/C8H12N4O2/c1-3-7(14)12(6(2)13)8-10-4-9-5-11-8/h4-6,13H,3H2,1-2H3. The van der Waals surface area contributed by atoms with E-state index in [2.05, 4.69) is 15.0 Å². The fourth-order valence-corrected chi connectivity index (χ4v) is 1.01. The van der Waals surface area contributed by atoms with Crippen molar-refractivity contribution in [2.24, 2.45) is 0 Å². The molecule has 1 aromatic rings. The number of rotatable bonds is 3. The van der Waals surface area contributed by atoms with Gasteiger partial charge in [0.1, 0.15) is 18.9 Å². The number of aromatic nitrogens is 3. The molecule has 0 radical (unpaired) electrons. The highest BCUT2D eigenvalue weighted by Gasteiger charge is 2.20. The molecule has 1 atom stereocenters. The molecule has 0 spiro atoms. The predicted octanol–water partition coefficient (Wildman–Crippen LogP) is -0.0471. The van der Waals surface area contributed by atoms with Crippen LogP contribution in [0, 0.1) is 0 Å². The molecule has 1 unspecified atom stereocenters. The van der Waals surface area contributed by atoms with Gasteiger partial charge < -0.3 is 5.11 Å². The molecule has 1 heterocycles. The van der Waals surface area contributed by atoms with Crippen molar-refractivity contribution in [1.29, 1.82) is 0 Å². The predicted molar refractivity (Wildman–Crippen MR) is 49.3 cm³/mol. The van der Waals surface area contributed by atoms with Crippen molar-refractivity contribution < 1.29 is 9.90 Å². The largest absolute Gasteiger partial charge is 0.373 e. The molecule has 76 valence electrons. The first kappa shape index (κ1) is 10.5. The fourth-order valence-electron chi connectivity index (χ4n) is 1.01. The number of amides is 1. The zero-order chi connectivity index (χ0) is 10.6. The average molecular weight is 196 g/mol. The van der Waals surface area contributed by atoms with Gasteiger partial charge in [-0.15, -0.1) is 0 Å². The minimum Gasteiger partial charge on any atom is -0.373 e. The normalized spacial score (nSPS) is 12.2. The van der Waals surface area contributed by atoms with Crippen LogP contribution >= 0.6 is 0 Å². The molecular weight excluding hydrogens is 184 g/mol. The third-order valence-electron chi connectivity index (χ3n) is 1.64. The first-order valence-electron chi connectivity index (χ1n) is 4.29. The van der Waals surface area contributed by atoms with Crippen molar-refractivity contribution in [3.8, 4) is 0 Å². The van der Waals surface area contributed by atoms with E-state index in [1.165, 1.54) is 19.6 Å². The van der Waals surface area contributed by atoms with Crippen LogP contribution in [-0.2, 0) is 4.79 Å². The molecule has 14 heavy (non-hydrogen) atoms. The first-order chi connectivity index (χ1) is 6.66. The zero-order valence-electron chi connectivity index (χ0n) is 8.08. The molecule has 0 aromatic carbocycles. The molecule has 0 aliphatic carbocycles. The molecule has 0 bridgehead atoms. The average Bonchev–Trinajstić information content (AvgIpc) is 2.19. The minimum absolute atomic E-state index is 0.168. The molecule has 0 saturated carbocycles. The number of carbonyl (C=O) groups is 1. The summed E-state index contributed by atoms with van der Waals surface area (Å²) in [5.74, 6) is -0.0620. The lowest BCUT2D eigenvalue weighted by atomic mass is 10.4. The zero-order valence-corrected chi connectivity index (χ0v) is 8.08. The van der Waals surface area contributed by atoms with Gasteiger partial charge in [0.2, 0.25) is 11.9 Å². The molecule has 0 saturated heterocycles. The van der Waals surface area contributed by atoms with Crippen molar-refractivity contribution in [2.45, 2.75) is 26.5 Å². The third-order valence-corrected chi connectivity index (χ3v) is 1.64. The molecule has 0 fully saturated rings. The van der Waals surface area contributed by atoms with Gasteiger partial charge in [-0.1, -0.05) is 6.92 Å². The van der Waals surface area contributed by atoms with Crippen LogP contribution in [0.25, 0.3) is 0 Å². The maximum Gasteiger partial charge on any atom is 0.237 e. The lowest BCUT2D eigenvalue weighted by Crippen LogP contribution is -2.39. The van der Waals surface area contributed by atoms with E-state index < -0.39 is 6.23 Å². The van der Waals surface area contributed by atoms with E-state index >= 15 is 0 Å². The van der Waals surface area contributed by atoms with E-state index in [4.69, 9.17) is 0 Å². The van der Waals surface area contributed by atoms with Crippen LogP contribution in [0.4, 0.5) is 5.95 Å². The Balaban J connectivity index is 2.95. The fraction of sp³-hybridized carbons (Fsp3) is 0.500. The molecule has 0 aliphatic rings. The Kier molecular flexibility index (Phi) is 3.47. The van der Waals surface area contributed by atoms with E-state index in [1.807, 2.05) is 0 Å². The number of aliphatic hydroxyl groups excluding tert-OH is 1. The Morgan fingerprint density at radius 2 is 2.14 bits per heavy atom. The van der Waals surface area contributed by atoms with E-state index in [1.54, 1.807) is 6.92 Å². The van der Waals surface area contributed by atoms with Crippen LogP contribution in [0.2, 0.25) is 0 Å². The van der Waals surface area contributed by atoms with Gasteiger partial charge in [0.15, 0.2) is 0 Å². The smallest absolute Gasteiger partial charge is 0.237 e. The van der Waals surface area contributed by atoms with E-state index in [0.717, 1.165) is 4.90 Å². The van der Waals surface area contributed by atoms with Crippen LogP contribution in [-0.4, -0.2) is 32.2 Å². The Labute approximate surface area is 81.6 Å². The Hall–Kier alpha value is -1.56. The number of aliphatic hydroxyl groups is 1. The van der Waals surface area contributed by atoms with Gasteiger partial charge in [0.25, 0.3) is 0 Å². The summed E-state index contributed by atoms with van der Waals surface area (Å²) in [6, 6.07) is 0. The summed E-state index contributed by atoms with van der Waals surface area (Å²) in [7, 11) is 0. The number of carbonyl (C=O) groups excluding carboxylic acids is 1. The van der Waals surface area contributed by atoms with Gasteiger partial charge in [0, 0.05) is 6.42 Å². The highest BCUT2D eigenvalue weighted by molar-refractivity contribution is 5.91. The van der Waals surface area contributed by atoms with E-state index in [-0.39, 0.29) is 18.3 Å². The molecule has 1 N–H and O–H groups in total. The van der Waals surface area contributed by atoms with Crippen LogP contribution in [0.1, 0.15) is 20.3 Å². The summed E-state index contributed by atoms with van der Waals surface area (Å²) in [5.41, 5.74) is 0. The van der Waals surface area contributed by atoms with E-state index in [0.29, 0.717) is 0 Å². The number of nitrogens with zero attached hydrogens (tertiary/aromatic N) is 4. The quantitative estimate of drug-likeness (QED) is 0.686. The second kappa shape index (κ2) is 4.61. The lowest BCUT2D eigenvalue weighted by molar-refractivity contribution is -0.120. The van der Waals surface area contributed by atoms with Crippen molar-refractivity contribution in [1.82, 2.24) is 15.0 Å². The van der Waals surface area contributed by atoms with Gasteiger partial charge >= 0.3 is 0 Å². The van der Waals surface area contributed by atoms with E-state index in [9.17, 15) is 9.90 Å². The molecule has 1 rings (SSSR count). The minimum atomic E-state index is -0.940. The summed E-state index contributed by atoms with van der Waals surface area (Å²) < 4.78 is 0. The lowest BCUT2D eigenvalue weighted by Gasteiger charge is -2.22. The maximum atomic E-state index is 11.4.